The van der Waals surface area contributed by atoms with E-state index in [0.717, 1.165) is 52.1 Å². The first-order chi connectivity index (χ1) is 17.4. The first-order valence-corrected chi connectivity index (χ1v) is 12.2. The SMILES string of the molecule is COc1cc(C(=N)N)ccc1OCCCN1CCN(CCCOc2ccc(C(=N)N)cc2OC)CC1.Cl. The van der Waals surface area contributed by atoms with Crippen molar-refractivity contribution in [3.63, 3.8) is 0 Å². The van der Waals surface area contributed by atoms with Crippen LogP contribution in [0.15, 0.2) is 36.4 Å². The molecular formula is C26H39ClN6O4. The molecule has 10 nitrogen and oxygen atoms in total. The Morgan fingerprint density at radius 1 is 0.703 bits per heavy atom. The van der Waals surface area contributed by atoms with Gasteiger partial charge in [0.2, 0.25) is 0 Å². The molecule has 0 atom stereocenters. The van der Waals surface area contributed by atoms with Gasteiger partial charge >= 0.3 is 0 Å². The van der Waals surface area contributed by atoms with Gasteiger partial charge in [-0.2, -0.15) is 0 Å². The third-order valence-electron chi connectivity index (χ3n) is 6.17. The second kappa shape index (κ2) is 15.1. The summed E-state index contributed by atoms with van der Waals surface area (Å²) in [6.07, 6.45) is 1.85. The van der Waals surface area contributed by atoms with E-state index in [1.165, 1.54) is 0 Å². The summed E-state index contributed by atoms with van der Waals surface area (Å²) in [4.78, 5) is 4.93. The van der Waals surface area contributed by atoms with E-state index in [-0.39, 0.29) is 24.1 Å². The van der Waals surface area contributed by atoms with Crippen molar-refractivity contribution in [3.8, 4) is 23.0 Å². The first-order valence-electron chi connectivity index (χ1n) is 12.2. The molecule has 2 aromatic carbocycles. The summed E-state index contributed by atoms with van der Waals surface area (Å²) in [5.74, 6) is 2.53. The Morgan fingerprint density at radius 2 is 1.08 bits per heavy atom. The molecule has 1 fully saturated rings. The van der Waals surface area contributed by atoms with Gasteiger partial charge in [0.1, 0.15) is 11.7 Å². The molecule has 204 valence electrons. The minimum Gasteiger partial charge on any atom is -0.493 e. The molecule has 2 aromatic rings. The maximum Gasteiger partial charge on any atom is 0.161 e. The third kappa shape index (κ3) is 8.99. The van der Waals surface area contributed by atoms with Crippen LogP contribution in [0, 0.1) is 10.8 Å². The number of benzene rings is 2. The Labute approximate surface area is 225 Å². The Morgan fingerprint density at radius 3 is 1.41 bits per heavy atom. The summed E-state index contributed by atoms with van der Waals surface area (Å²) < 4.78 is 22.5. The molecule has 1 aliphatic heterocycles. The normalized spacial score (nSPS) is 13.9. The van der Waals surface area contributed by atoms with Gasteiger partial charge in [0.05, 0.1) is 27.4 Å². The first kappa shape index (κ1) is 30.0. The van der Waals surface area contributed by atoms with Gasteiger partial charge in [-0.15, -0.1) is 12.4 Å². The second-order valence-corrected chi connectivity index (χ2v) is 8.65. The van der Waals surface area contributed by atoms with Crippen LogP contribution in [0.25, 0.3) is 0 Å². The van der Waals surface area contributed by atoms with E-state index in [2.05, 4.69) is 9.80 Å². The predicted molar refractivity (Wildman–Crippen MR) is 148 cm³/mol. The highest BCUT2D eigenvalue weighted by atomic mass is 35.5. The summed E-state index contributed by atoms with van der Waals surface area (Å²) in [7, 11) is 3.17. The fraction of sp³-hybridized carbons (Fsp3) is 0.462. The van der Waals surface area contributed by atoms with Crippen molar-refractivity contribution in [3.05, 3.63) is 47.5 Å². The molecule has 0 aliphatic carbocycles. The number of amidine groups is 2. The van der Waals surface area contributed by atoms with E-state index >= 15 is 0 Å². The summed E-state index contributed by atoms with van der Waals surface area (Å²) in [5.41, 5.74) is 12.3. The van der Waals surface area contributed by atoms with E-state index < -0.39 is 0 Å². The molecule has 0 aromatic heterocycles. The molecular weight excluding hydrogens is 496 g/mol. The number of hydrogen-bond donors (Lipinski definition) is 4. The van der Waals surface area contributed by atoms with Crippen LogP contribution in [0.2, 0.25) is 0 Å². The van der Waals surface area contributed by atoms with E-state index in [1.807, 2.05) is 0 Å². The standard InChI is InChI=1S/C26H38N6O4.ClH/c1-33-23-17-19(25(27)28)5-7-21(23)35-15-3-9-31-11-13-32(14-12-31)10-4-16-36-22-8-6-20(26(29)30)18-24(22)34-2;/h5-8,17-18H,3-4,9-16H2,1-2H3,(H3,27,28)(H3,29,30);1H. The molecule has 0 spiro atoms. The van der Waals surface area contributed by atoms with Crippen molar-refractivity contribution in [2.75, 3.05) is 66.7 Å². The lowest BCUT2D eigenvalue weighted by molar-refractivity contribution is 0.120. The third-order valence-corrected chi connectivity index (χ3v) is 6.17. The number of hydrogen-bond acceptors (Lipinski definition) is 8. The Hall–Kier alpha value is -3.21. The lowest BCUT2D eigenvalue weighted by Crippen LogP contribution is -2.47. The quantitative estimate of drug-likeness (QED) is 0.164. The number of nitrogens with two attached hydrogens (primary N) is 2. The zero-order valence-electron chi connectivity index (χ0n) is 21.6. The Balaban J connectivity index is 0.00000481. The van der Waals surface area contributed by atoms with E-state index in [1.54, 1.807) is 50.6 Å². The molecule has 0 unspecified atom stereocenters. The van der Waals surface area contributed by atoms with Gasteiger partial charge in [-0.05, 0) is 49.2 Å². The number of methoxy groups -OCH3 is 2. The van der Waals surface area contributed by atoms with Crippen LogP contribution < -0.4 is 30.4 Å². The van der Waals surface area contributed by atoms with E-state index in [0.29, 0.717) is 47.3 Å². The molecule has 0 saturated carbocycles. The number of nitrogens with one attached hydrogen (secondary N) is 2. The van der Waals surface area contributed by atoms with Crippen molar-refractivity contribution in [1.82, 2.24) is 9.80 Å². The molecule has 6 N–H and O–H groups in total. The number of ether oxygens (including phenoxy) is 4. The lowest BCUT2D eigenvalue weighted by Gasteiger charge is -2.34. The van der Waals surface area contributed by atoms with Crippen LogP contribution in [0.5, 0.6) is 23.0 Å². The molecule has 1 aliphatic rings. The fourth-order valence-corrected chi connectivity index (χ4v) is 4.09. The van der Waals surface area contributed by atoms with E-state index in [4.69, 9.17) is 41.2 Å². The average molecular weight is 535 g/mol. The zero-order chi connectivity index (χ0) is 25.9. The molecule has 0 bridgehead atoms. The zero-order valence-corrected chi connectivity index (χ0v) is 22.4. The molecule has 37 heavy (non-hydrogen) atoms. The number of nitrogen functional groups attached to an aromatic ring is 2. The van der Waals surface area contributed by atoms with E-state index in [9.17, 15) is 0 Å². The number of nitrogens with zero attached hydrogens (tertiary/aromatic N) is 2. The molecule has 0 radical (unpaired) electrons. The number of piperazine rings is 1. The number of halogens is 1. The van der Waals surface area contributed by atoms with Crippen molar-refractivity contribution in [2.45, 2.75) is 12.8 Å². The smallest absolute Gasteiger partial charge is 0.161 e. The fourth-order valence-electron chi connectivity index (χ4n) is 4.09. The maximum atomic E-state index is 7.54. The maximum absolute atomic E-state index is 7.54. The van der Waals surface area contributed by atoms with Crippen molar-refractivity contribution in [1.29, 1.82) is 10.8 Å². The topological polar surface area (TPSA) is 143 Å². The highest BCUT2D eigenvalue weighted by Gasteiger charge is 2.16. The van der Waals surface area contributed by atoms with Gasteiger partial charge < -0.3 is 40.2 Å². The van der Waals surface area contributed by atoms with Crippen LogP contribution in [-0.2, 0) is 0 Å². The van der Waals surface area contributed by atoms with Crippen molar-refractivity contribution in [2.24, 2.45) is 11.5 Å². The van der Waals surface area contributed by atoms with Gasteiger partial charge in [-0.3, -0.25) is 10.8 Å². The summed E-state index contributed by atoms with van der Waals surface area (Å²) in [6.45, 7) is 7.33. The Kier molecular flexibility index (Phi) is 12.3. The molecule has 1 heterocycles. The van der Waals surface area contributed by atoms with Gasteiger partial charge in [0.15, 0.2) is 23.0 Å². The summed E-state index contributed by atoms with van der Waals surface area (Å²) >= 11 is 0. The largest absolute Gasteiger partial charge is 0.493 e. The summed E-state index contributed by atoms with van der Waals surface area (Å²) in [5, 5.41) is 15.1. The minimum atomic E-state index is 0. The highest BCUT2D eigenvalue weighted by Crippen LogP contribution is 2.29. The van der Waals surface area contributed by atoms with Crippen molar-refractivity contribution < 1.29 is 18.9 Å². The monoisotopic (exact) mass is 534 g/mol. The minimum absolute atomic E-state index is 0. The molecule has 1 saturated heterocycles. The van der Waals surface area contributed by atoms with Crippen LogP contribution >= 0.6 is 12.4 Å². The molecule has 11 heteroatoms. The van der Waals surface area contributed by atoms with Crippen LogP contribution in [0.1, 0.15) is 24.0 Å². The van der Waals surface area contributed by atoms with Gasteiger partial charge in [-0.25, -0.2) is 0 Å². The lowest BCUT2D eigenvalue weighted by atomic mass is 10.2. The highest BCUT2D eigenvalue weighted by molar-refractivity contribution is 5.96. The predicted octanol–water partition coefficient (Wildman–Crippen LogP) is 2.55. The van der Waals surface area contributed by atoms with Crippen molar-refractivity contribution >= 4 is 24.1 Å². The van der Waals surface area contributed by atoms with Gasteiger partial charge in [0, 0.05) is 50.4 Å². The molecule has 0 amide bonds. The van der Waals surface area contributed by atoms with Crippen LogP contribution in [0.3, 0.4) is 0 Å². The van der Waals surface area contributed by atoms with Crippen LogP contribution in [0.4, 0.5) is 0 Å². The van der Waals surface area contributed by atoms with Gasteiger partial charge in [0.25, 0.3) is 0 Å². The second-order valence-electron chi connectivity index (χ2n) is 8.65. The summed E-state index contributed by atoms with van der Waals surface area (Å²) in [6, 6.07) is 10.6. The van der Waals surface area contributed by atoms with Gasteiger partial charge in [-0.1, -0.05) is 0 Å². The average Bonchev–Trinajstić information content (AvgIpc) is 2.89. The van der Waals surface area contributed by atoms with Crippen LogP contribution in [-0.4, -0.2) is 88.2 Å². The molecule has 3 rings (SSSR count). The Bertz CT molecular complexity index is 949. The number of rotatable bonds is 14.